The molecule has 0 amide bonds. The summed E-state index contributed by atoms with van der Waals surface area (Å²) < 4.78 is 0. The molecule has 0 aliphatic rings. The fraction of sp³-hybridized carbons (Fsp3) is 0.368. The van der Waals surface area contributed by atoms with Crippen LogP contribution < -0.4 is 10.6 Å². The van der Waals surface area contributed by atoms with Gasteiger partial charge in [-0.25, -0.2) is 0 Å². The Bertz CT molecular complexity index is 499. The zero-order valence-electron chi connectivity index (χ0n) is 13.2. The van der Waals surface area contributed by atoms with Gasteiger partial charge in [0.2, 0.25) is 0 Å². The molecule has 0 nitrogen and oxygen atoms in total. The Balaban J connectivity index is 1.75. The van der Waals surface area contributed by atoms with Crippen molar-refractivity contribution in [1.82, 2.24) is 0 Å². The molecule has 0 radical (unpaired) electrons. The zero-order valence-corrected chi connectivity index (χ0v) is 15.2. The average molecular weight is 316 g/mol. The van der Waals surface area contributed by atoms with Crippen molar-refractivity contribution < 1.29 is 0 Å². The summed E-state index contributed by atoms with van der Waals surface area (Å²) in [7, 11) is 1.96. The van der Waals surface area contributed by atoms with Gasteiger partial charge >= 0.3 is 0 Å². The Hall–Kier alpha value is -0.700. The smallest absolute Gasteiger partial charge is 0.0240 e. The van der Waals surface area contributed by atoms with Crippen LogP contribution in [0.25, 0.3) is 0 Å². The van der Waals surface area contributed by atoms with Gasteiger partial charge in [-0.05, 0) is 53.3 Å². The molecular formula is C19H26P2. The largest absolute Gasteiger partial charge is 0.0901 e. The molecule has 0 aromatic heterocycles. The molecule has 0 aliphatic carbocycles. The molecule has 2 aromatic carbocycles. The van der Waals surface area contributed by atoms with Gasteiger partial charge in [0.1, 0.15) is 0 Å². The minimum atomic E-state index is 0.980. The normalized spacial score (nSPS) is 11.9. The molecule has 2 rings (SSSR count). The molecule has 0 saturated heterocycles. The van der Waals surface area contributed by atoms with Gasteiger partial charge in [0.25, 0.3) is 0 Å². The Labute approximate surface area is 133 Å². The van der Waals surface area contributed by atoms with Gasteiger partial charge in [0.05, 0.1) is 0 Å². The lowest BCUT2D eigenvalue weighted by molar-refractivity contribution is 1.11. The van der Waals surface area contributed by atoms with E-state index in [1.54, 1.807) is 10.6 Å². The van der Waals surface area contributed by atoms with E-state index in [0.717, 1.165) is 30.0 Å². The Morgan fingerprint density at radius 1 is 0.667 bits per heavy atom. The third kappa shape index (κ3) is 5.21. The van der Waals surface area contributed by atoms with Crippen LogP contribution >= 0.6 is 17.2 Å². The van der Waals surface area contributed by atoms with Crippen LogP contribution in [0.5, 0.6) is 0 Å². The van der Waals surface area contributed by atoms with E-state index in [4.69, 9.17) is 0 Å². The topological polar surface area (TPSA) is 0 Å². The summed E-state index contributed by atoms with van der Waals surface area (Å²) in [4.78, 5) is 0. The van der Waals surface area contributed by atoms with Gasteiger partial charge in [-0.3, -0.25) is 0 Å². The van der Waals surface area contributed by atoms with E-state index in [-0.39, 0.29) is 0 Å². The highest BCUT2D eigenvalue weighted by atomic mass is 31.1. The van der Waals surface area contributed by atoms with Crippen molar-refractivity contribution in [3.63, 3.8) is 0 Å². The molecule has 0 aliphatic heterocycles. The number of hydrogen-bond donors (Lipinski definition) is 0. The molecule has 0 spiro atoms. The molecule has 0 bridgehead atoms. The summed E-state index contributed by atoms with van der Waals surface area (Å²) in [6, 6.07) is 17.9. The molecular weight excluding hydrogens is 290 g/mol. The maximum Gasteiger partial charge on any atom is -0.0240 e. The fourth-order valence-corrected chi connectivity index (χ4v) is 5.54. The molecule has 2 heteroatoms. The second-order valence-electron chi connectivity index (χ2n) is 5.23. The standard InChI is InChI=1S/C19H26P2/c1-3-16-10-5-7-12-18(16)20-14-9-15-21-19-13-8-6-11-17(19)4-2/h5-8,10-13,20-21H,3-4,9,14-15H2,1-2H3. The lowest BCUT2D eigenvalue weighted by Crippen LogP contribution is -2.05. The Morgan fingerprint density at radius 2 is 1.10 bits per heavy atom. The lowest BCUT2D eigenvalue weighted by atomic mass is 10.2. The minimum absolute atomic E-state index is 0.980. The first kappa shape index (κ1) is 16.7. The number of rotatable bonds is 8. The van der Waals surface area contributed by atoms with Crippen LogP contribution in [0.3, 0.4) is 0 Å². The third-order valence-corrected chi connectivity index (χ3v) is 6.73. The van der Waals surface area contributed by atoms with Crippen molar-refractivity contribution in [3.05, 3.63) is 59.7 Å². The molecule has 0 saturated carbocycles. The van der Waals surface area contributed by atoms with E-state index in [1.807, 2.05) is 0 Å². The Kier molecular flexibility index (Phi) is 7.42. The van der Waals surface area contributed by atoms with E-state index in [0.29, 0.717) is 0 Å². The van der Waals surface area contributed by atoms with Gasteiger partial charge in [-0.15, -0.1) is 0 Å². The quantitative estimate of drug-likeness (QED) is 0.496. The second kappa shape index (κ2) is 9.34. The number of aryl methyl sites for hydroxylation is 2. The van der Waals surface area contributed by atoms with Crippen LogP contribution in [0.1, 0.15) is 31.4 Å². The predicted octanol–water partition coefficient (Wildman–Crippen LogP) is 4.51. The van der Waals surface area contributed by atoms with E-state index in [1.165, 1.54) is 29.9 Å². The molecule has 21 heavy (non-hydrogen) atoms. The molecule has 0 N–H and O–H groups in total. The third-order valence-electron chi connectivity index (χ3n) is 3.78. The van der Waals surface area contributed by atoms with E-state index < -0.39 is 0 Å². The first-order chi connectivity index (χ1) is 10.3. The number of benzene rings is 2. The average Bonchev–Trinajstić information content (AvgIpc) is 2.55. The second-order valence-corrected chi connectivity index (χ2v) is 8.01. The lowest BCUT2D eigenvalue weighted by Gasteiger charge is -2.09. The van der Waals surface area contributed by atoms with E-state index in [9.17, 15) is 0 Å². The van der Waals surface area contributed by atoms with Crippen molar-refractivity contribution in [1.29, 1.82) is 0 Å². The first-order valence-electron chi connectivity index (χ1n) is 7.98. The highest BCUT2D eigenvalue weighted by Crippen LogP contribution is 2.20. The molecule has 2 atom stereocenters. The van der Waals surface area contributed by atoms with Gasteiger partial charge in [-0.2, -0.15) is 0 Å². The summed E-state index contributed by atoms with van der Waals surface area (Å²) in [5, 5.41) is 3.16. The highest BCUT2D eigenvalue weighted by molar-refractivity contribution is 7.48. The molecule has 2 aromatic rings. The molecule has 0 heterocycles. The SMILES string of the molecule is CCc1ccccc1PCCCPc1ccccc1CC. The van der Waals surface area contributed by atoms with Crippen molar-refractivity contribution >= 4 is 27.8 Å². The highest BCUT2D eigenvalue weighted by Gasteiger charge is 2.01. The van der Waals surface area contributed by atoms with Crippen molar-refractivity contribution in [2.24, 2.45) is 0 Å². The first-order valence-corrected chi connectivity index (χ1v) is 10.4. The van der Waals surface area contributed by atoms with Crippen molar-refractivity contribution in [2.45, 2.75) is 33.1 Å². The van der Waals surface area contributed by atoms with Gasteiger partial charge in [-0.1, -0.05) is 79.5 Å². The van der Waals surface area contributed by atoms with Crippen molar-refractivity contribution in [2.75, 3.05) is 12.3 Å². The van der Waals surface area contributed by atoms with Crippen LogP contribution in [0.2, 0.25) is 0 Å². The summed E-state index contributed by atoms with van der Waals surface area (Å²) >= 11 is 0. The maximum atomic E-state index is 2.31. The van der Waals surface area contributed by atoms with Gasteiger partial charge < -0.3 is 0 Å². The van der Waals surface area contributed by atoms with Gasteiger partial charge in [0, 0.05) is 0 Å². The predicted molar refractivity (Wildman–Crippen MR) is 102 cm³/mol. The van der Waals surface area contributed by atoms with E-state index in [2.05, 4.69) is 62.4 Å². The maximum absolute atomic E-state index is 2.31. The van der Waals surface area contributed by atoms with E-state index >= 15 is 0 Å². The van der Waals surface area contributed by atoms with Crippen LogP contribution in [-0.4, -0.2) is 12.3 Å². The molecule has 0 fully saturated rings. The number of hydrogen-bond acceptors (Lipinski definition) is 0. The summed E-state index contributed by atoms with van der Waals surface area (Å²) in [6.07, 6.45) is 6.37. The monoisotopic (exact) mass is 316 g/mol. The van der Waals surface area contributed by atoms with Crippen LogP contribution in [0, 0.1) is 0 Å². The zero-order chi connectivity index (χ0) is 14.9. The van der Waals surface area contributed by atoms with Crippen LogP contribution in [0.15, 0.2) is 48.5 Å². The molecule has 2 unspecified atom stereocenters. The minimum Gasteiger partial charge on any atom is -0.0901 e. The molecule has 112 valence electrons. The van der Waals surface area contributed by atoms with Gasteiger partial charge in [0.15, 0.2) is 0 Å². The summed E-state index contributed by atoms with van der Waals surface area (Å²) in [6.45, 7) is 4.51. The van der Waals surface area contributed by atoms with Crippen LogP contribution in [0.4, 0.5) is 0 Å². The summed E-state index contributed by atoms with van der Waals surface area (Å²) in [5.41, 5.74) is 3.07. The fourth-order valence-electron chi connectivity index (χ4n) is 2.54. The summed E-state index contributed by atoms with van der Waals surface area (Å²) in [5.74, 6) is 0. The van der Waals surface area contributed by atoms with Crippen LogP contribution in [-0.2, 0) is 12.8 Å². The van der Waals surface area contributed by atoms with Crippen molar-refractivity contribution in [3.8, 4) is 0 Å². The Morgan fingerprint density at radius 3 is 1.52 bits per heavy atom.